The van der Waals surface area contributed by atoms with Gasteiger partial charge in [0.15, 0.2) is 15.3 Å². The first-order valence-electron chi connectivity index (χ1n) is 12.7. The third kappa shape index (κ3) is 6.33. The zero-order chi connectivity index (χ0) is 28.0. The summed E-state index contributed by atoms with van der Waals surface area (Å²) < 4.78 is 4.23. The van der Waals surface area contributed by atoms with E-state index in [1.165, 1.54) is 22.0 Å². The van der Waals surface area contributed by atoms with Gasteiger partial charge in [0.2, 0.25) is 5.91 Å². The first-order valence-corrected chi connectivity index (χ1v) is 15.5. The highest BCUT2D eigenvalue weighted by molar-refractivity contribution is 8.00. The molecular formula is C31H22N6OS3. The number of carbonyl (C=O) groups excluding carboxylic acids is 1. The van der Waals surface area contributed by atoms with Crippen molar-refractivity contribution in [2.45, 2.75) is 15.2 Å². The maximum atomic E-state index is 12.7. The number of hydrogen-bond acceptors (Lipinski definition) is 8. The Labute approximate surface area is 249 Å². The maximum absolute atomic E-state index is 12.7. The van der Waals surface area contributed by atoms with E-state index in [1.54, 1.807) is 47.4 Å². The minimum atomic E-state index is -0.191. The van der Waals surface area contributed by atoms with E-state index in [9.17, 15) is 4.79 Å². The van der Waals surface area contributed by atoms with E-state index >= 15 is 0 Å². The van der Waals surface area contributed by atoms with Gasteiger partial charge in [-0.15, -0.1) is 21.5 Å². The predicted molar refractivity (Wildman–Crippen MR) is 166 cm³/mol. The molecule has 7 nitrogen and oxygen atoms in total. The standard InChI is InChI=1S/C31H22N6OS3/c32-18-22-7-6-8-24(17-22)33-28(38)20-39-30-36-35-29(37(30)25-9-2-1-3-10-25)23-15-13-21(14-16-23)19-40-31-34-26-11-4-5-12-27(26)41-31/h1-17H,19-20H2,(H,33,38). The van der Waals surface area contributed by atoms with Crippen LogP contribution in [0.4, 0.5) is 5.69 Å². The second kappa shape index (κ2) is 12.4. The monoisotopic (exact) mass is 590 g/mol. The number of carbonyl (C=O) groups is 1. The fraction of sp³-hybridized carbons (Fsp3) is 0.0645. The summed E-state index contributed by atoms with van der Waals surface area (Å²) in [5, 5.41) is 21.5. The third-order valence-electron chi connectivity index (χ3n) is 6.10. The molecule has 10 heteroatoms. The average Bonchev–Trinajstić information content (AvgIpc) is 3.64. The number of amides is 1. The van der Waals surface area contributed by atoms with Crippen molar-refractivity contribution in [1.82, 2.24) is 19.7 Å². The van der Waals surface area contributed by atoms with Crippen LogP contribution in [-0.2, 0) is 10.5 Å². The largest absolute Gasteiger partial charge is 0.325 e. The van der Waals surface area contributed by atoms with Gasteiger partial charge in [0.1, 0.15) is 0 Å². The molecule has 2 aromatic heterocycles. The predicted octanol–water partition coefficient (Wildman–Crippen LogP) is 7.44. The molecule has 0 fully saturated rings. The summed E-state index contributed by atoms with van der Waals surface area (Å²) in [5.74, 6) is 1.47. The quantitative estimate of drug-likeness (QED) is 0.175. The Morgan fingerprint density at radius 1 is 0.902 bits per heavy atom. The number of anilines is 1. The molecule has 1 amide bonds. The number of hydrogen-bond donors (Lipinski definition) is 1. The number of nitriles is 1. The second-order valence-electron chi connectivity index (χ2n) is 8.94. The minimum absolute atomic E-state index is 0.143. The number of nitrogens with one attached hydrogen (secondary N) is 1. The van der Waals surface area contributed by atoms with Crippen molar-refractivity contribution in [2.75, 3.05) is 11.1 Å². The van der Waals surface area contributed by atoms with Crippen molar-refractivity contribution in [2.24, 2.45) is 0 Å². The van der Waals surface area contributed by atoms with Gasteiger partial charge in [0.05, 0.1) is 27.6 Å². The Bertz CT molecular complexity index is 1830. The smallest absolute Gasteiger partial charge is 0.234 e. The molecule has 0 radical (unpaired) electrons. The normalized spacial score (nSPS) is 10.9. The Morgan fingerprint density at radius 3 is 2.51 bits per heavy atom. The van der Waals surface area contributed by atoms with E-state index in [-0.39, 0.29) is 11.7 Å². The van der Waals surface area contributed by atoms with Crippen molar-refractivity contribution >= 4 is 56.7 Å². The first-order chi connectivity index (χ1) is 20.2. The number of nitrogens with zero attached hydrogens (tertiary/aromatic N) is 5. The summed E-state index contributed by atoms with van der Waals surface area (Å²) in [6, 6.07) is 35.3. The molecule has 41 heavy (non-hydrogen) atoms. The highest BCUT2D eigenvalue weighted by atomic mass is 32.2. The van der Waals surface area contributed by atoms with Gasteiger partial charge < -0.3 is 5.32 Å². The molecule has 1 N–H and O–H groups in total. The highest BCUT2D eigenvalue weighted by Gasteiger charge is 2.17. The van der Waals surface area contributed by atoms with Crippen LogP contribution in [0.25, 0.3) is 27.3 Å². The Kier molecular flexibility index (Phi) is 8.09. The highest BCUT2D eigenvalue weighted by Crippen LogP contribution is 2.32. The Morgan fingerprint density at radius 2 is 1.71 bits per heavy atom. The van der Waals surface area contributed by atoms with Crippen LogP contribution in [0, 0.1) is 11.3 Å². The molecule has 6 rings (SSSR count). The molecule has 6 aromatic rings. The van der Waals surface area contributed by atoms with Crippen LogP contribution >= 0.6 is 34.9 Å². The number of aromatic nitrogens is 4. The van der Waals surface area contributed by atoms with Gasteiger partial charge in [0.25, 0.3) is 0 Å². The van der Waals surface area contributed by atoms with Gasteiger partial charge in [0, 0.05) is 22.7 Å². The van der Waals surface area contributed by atoms with E-state index in [0.717, 1.165) is 26.9 Å². The fourth-order valence-corrected chi connectivity index (χ4v) is 6.94. The summed E-state index contributed by atoms with van der Waals surface area (Å²) in [6.07, 6.45) is 0. The van der Waals surface area contributed by atoms with Crippen molar-refractivity contribution in [1.29, 1.82) is 5.26 Å². The Hall–Kier alpha value is -4.43. The average molecular weight is 591 g/mol. The molecule has 0 aliphatic heterocycles. The number of rotatable bonds is 9. The third-order valence-corrected chi connectivity index (χ3v) is 9.28. The van der Waals surface area contributed by atoms with Crippen molar-refractivity contribution in [3.63, 3.8) is 0 Å². The topological polar surface area (TPSA) is 96.5 Å². The van der Waals surface area contributed by atoms with Crippen LogP contribution < -0.4 is 5.32 Å². The molecule has 0 atom stereocenters. The van der Waals surface area contributed by atoms with Crippen molar-refractivity contribution < 1.29 is 4.79 Å². The van der Waals surface area contributed by atoms with Crippen LogP contribution in [0.3, 0.4) is 0 Å². The minimum Gasteiger partial charge on any atom is -0.325 e. The van der Waals surface area contributed by atoms with E-state index in [2.05, 4.69) is 51.9 Å². The van der Waals surface area contributed by atoms with E-state index < -0.39 is 0 Å². The Balaban J connectivity index is 1.18. The molecule has 0 saturated carbocycles. The summed E-state index contributed by atoms with van der Waals surface area (Å²) in [5.41, 5.74) is 5.14. The summed E-state index contributed by atoms with van der Waals surface area (Å²) in [4.78, 5) is 17.4. The number of thiazole rings is 1. The molecule has 4 aromatic carbocycles. The van der Waals surface area contributed by atoms with Gasteiger partial charge >= 0.3 is 0 Å². The van der Waals surface area contributed by atoms with Crippen LogP contribution in [0.1, 0.15) is 11.1 Å². The summed E-state index contributed by atoms with van der Waals surface area (Å²) in [7, 11) is 0. The molecule has 0 unspecified atom stereocenters. The van der Waals surface area contributed by atoms with Gasteiger partial charge in [-0.2, -0.15) is 5.26 Å². The molecular weight excluding hydrogens is 569 g/mol. The molecule has 0 bridgehead atoms. The van der Waals surface area contributed by atoms with Crippen LogP contribution in [0.15, 0.2) is 113 Å². The van der Waals surface area contributed by atoms with Gasteiger partial charge in [-0.3, -0.25) is 9.36 Å². The second-order valence-corrected chi connectivity index (χ2v) is 12.1. The lowest BCUT2D eigenvalue weighted by molar-refractivity contribution is -0.113. The number of fused-ring (bicyclic) bond motifs is 1. The molecule has 0 spiro atoms. The molecule has 0 aliphatic carbocycles. The van der Waals surface area contributed by atoms with E-state index in [4.69, 9.17) is 10.2 Å². The van der Waals surface area contributed by atoms with Crippen molar-refractivity contribution in [3.05, 3.63) is 114 Å². The molecule has 0 saturated heterocycles. The molecule has 2 heterocycles. The maximum Gasteiger partial charge on any atom is 0.234 e. The van der Waals surface area contributed by atoms with Crippen molar-refractivity contribution in [3.8, 4) is 23.1 Å². The van der Waals surface area contributed by atoms with Crippen LogP contribution in [0.2, 0.25) is 0 Å². The first kappa shape index (κ1) is 26.8. The number of benzene rings is 4. The molecule has 0 aliphatic rings. The van der Waals surface area contributed by atoms with Gasteiger partial charge in [-0.25, -0.2) is 4.98 Å². The number of thioether (sulfide) groups is 2. The zero-order valence-electron chi connectivity index (χ0n) is 21.6. The fourth-order valence-electron chi connectivity index (χ4n) is 4.16. The van der Waals surface area contributed by atoms with Gasteiger partial charge in [-0.1, -0.05) is 84.2 Å². The summed E-state index contributed by atoms with van der Waals surface area (Å²) in [6.45, 7) is 0. The van der Waals surface area contributed by atoms with Crippen LogP contribution in [0.5, 0.6) is 0 Å². The lowest BCUT2D eigenvalue weighted by atomic mass is 10.1. The SMILES string of the molecule is N#Cc1cccc(NC(=O)CSc2nnc(-c3ccc(CSc4nc5ccccc5s4)cc3)n2-c2ccccc2)c1. The lowest BCUT2D eigenvalue weighted by Crippen LogP contribution is -2.14. The lowest BCUT2D eigenvalue weighted by Gasteiger charge is -2.11. The number of para-hydroxylation sites is 2. The van der Waals surface area contributed by atoms with Crippen LogP contribution in [-0.4, -0.2) is 31.4 Å². The van der Waals surface area contributed by atoms with E-state index in [0.29, 0.717) is 22.2 Å². The van der Waals surface area contributed by atoms with E-state index in [1.807, 2.05) is 53.1 Å². The van der Waals surface area contributed by atoms with Gasteiger partial charge in [-0.05, 0) is 48.0 Å². The zero-order valence-corrected chi connectivity index (χ0v) is 24.0. The molecule has 200 valence electrons. The summed E-state index contributed by atoms with van der Waals surface area (Å²) >= 11 is 4.76.